The van der Waals surface area contributed by atoms with E-state index < -0.39 is 21.1 Å². The Morgan fingerprint density at radius 1 is 1.20 bits per heavy atom. The SMILES string of the molecule is CC.COc1ccc(CNS(=O)(=O)[C@H](C)Cc2ncc(F)cn2)cc1.[HH]. The second-order valence-electron chi connectivity index (χ2n) is 5.05. The summed E-state index contributed by atoms with van der Waals surface area (Å²) in [6, 6.07) is 7.10. The number of aromatic nitrogens is 2. The normalized spacial score (nSPS) is 12.0. The third-order valence-electron chi connectivity index (χ3n) is 3.31. The van der Waals surface area contributed by atoms with Crippen molar-refractivity contribution in [2.75, 3.05) is 7.11 Å². The number of rotatable bonds is 7. The lowest BCUT2D eigenvalue weighted by molar-refractivity contribution is 0.414. The smallest absolute Gasteiger partial charge is 0.214 e. The molecule has 1 heterocycles. The molecule has 0 radical (unpaired) electrons. The molecule has 0 aliphatic heterocycles. The first kappa shape index (κ1) is 21.0. The van der Waals surface area contributed by atoms with Crippen molar-refractivity contribution in [3.8, 4) is 5.75 Å². The number of methoxy groups -OCH3 is 1. The van der Waals surface area contributed by atoms with Gasteiger partial charge in [0, 0.05) is 14.4 Å². The largest absolute Gasteiger partial charge is 0.497 e. The highest BCUT2D eigenvalue weighted by Crippen LogP contribution is 2.12. The minimum atomic E-state index is -3.54. The molecule has 25 heavy (non-hydrogen) atoms. The highest BCUT2D eigenvalue weighted by atomic mass is 32.2. The van der Waals surface area contributed by atoms with Gasteiger partial charge >= 0.3 is 0 Å². The number of nitrogens with zero attached hydrogens (tertiary/aromatic N) is 2. The van der Waals surface area contributed by atoms with Gasteiger partial charge in [0.15, 0.2) is 5.82 Å². The van der Waals surface area contributed by atoms with Crippen LogP contribution in [-0.4, -0.2) is 30.7 Å². The minimum Gasteiger partial charge on any atom is -0.497 e. The summed E-state index contributed by atoms with van der Waals surface area (Å²) in [5.74, 6) is 0.439. The van der Waals surface area contributed by atoms with Gasteiger partial charge in [-0.2, -0.15) is 0 Å². The lowest BCUT2D eigenvalue weighted by Crippen LogP contribution is -2.33. The van der Waals surface area contributed by atoms with Crippen molar-refractivity contribution < 1.29 is 19.0 Å². The lowest BCUT2D eigenvalue weighted by atomic mass is 10.2. The molecule has 0 unspecified atom stereocenters. The monoisotopic (exact) mass is 371 g/mol. The second-order valence-corrected chi connectivity index (χ2v) is 7.23. The molecule has 2 aromatic rings. The van der Waals surface area contributed by atoms with Gasteiger partial charge in [-0.25, -0.2) is 27.5 Å². The van der Waals surface area contributed by atoms with Gasteiger partial charge in [-0.15, -0.1) is 0 Å². The van der Waals surface area contributed by atoms with Gasteiger partial charge in [-0.1, -0.05) is 26.0 Å². The van der Waals surface area contributed by atoms with Crippen molar-refractivity contribution in [3.05, 3.63) is 53.9 Å². The number of hydrogen-bond acceptors (Lipinski definition) is 5. The molecule has 0 aliphatic rings. The zero-order valence-electron chi connectivity index (χ0n) is 14.9. The Morgan fingerprint density at radius 3 is 2.28 bits per heavy atom. The first-order valence-corrected chi connectivity index (χ1v) is 9.53. The van der Waals surface area contributed by atoms with Crippen LogP contribution in [0.1, 0.15) is 33.6 Å². The zero-order valence-corrected chi connectivity index (χ0v) is 15.7. The predicted octanol–water partition coefficient (Wildman–Crippen LogP) is 2.95. The van der Waals surface area contributed by atoms with E-state index in [2.05, 4.69) is 14.7 Å². The van der Waals surface area contributed by atoms with Crippen molar-refractivity contribution in [3.63, 3.8) is 0 Å². The molecule has 1 N–H and O–H groups in total. The quantitative estimate of drug-likeness (QED) is 0.809. The summed E-state index contributed by atoms with van der Waals surface area (Å²) in [6.45, 7) is 5.74. The Morgan fingerprint density at radius 2 is 1.76 bits per heavy atom. The number of benzene rings is 1. The number of ether oxygens (including phenoxy) is 1. The van der Waals surface area contributed by atoms with E-state index in [0.29, 0.717) is 5.75 Å². The zero-order chi connectivity index (χ0) is 18.9. The van der Waals surface area contributed by atoms with E-state index >= 15 is 0 Å². The van der Waals surface area contributed by atoms with E-state index in [1.54, 1.807) is 38.3 Å². The van der Waals surface area contributed by atoms with Crippen molar-refractivity contribution in [2.24, 2.45) is 0 Å². The molecule has 2 rings (SSSR count). The van der Waals surface area contributed by atoms with Crippen molar-refractivity contribution >= 4 is 10.0 Å². The molecule has 6 nitrogen and oxygen atoms in total. The third kappa shape index (κ3) is 6.75. The van der Waals surface area contributed by atoms with Crippen LogP contribution >= 0.6 is 0 Å². The summed E-state index contributed by atoms with van der Waals surface area (Å²) in [7, 11) is -1.97. The topological polar surface area (TPSA) is 81.2 Å². The molecular weight excluding hydrogens is 345 g/mol. The average molecular weight is 371 g/mol. The fourth-order valence-electron chi connectivity index (χ4n) is 1.88. The summed E-state index contributed by atoms with van der Waals surface area (Å²) in [6.07, 6.45) is 2.15. The van der Waals surface area contributed by atoms with Crippen LogP contribution in [0.25, 0.3) is 0 Å². The maximum absolute atomic E-state index is 12.8. The van der Waals surface area contributed by atoms with Crippen molar-refractivity contribution in [2.45, 2.75) is 39.0 Å². The van der Waals surface area contributed by atoms with E-state index in [4.69, 9.17) is 4.74 Å². The van der Waals surface area contributed by atoms with Crippen LogP contribution < -0.4 is 9.46 Å². The Labute approximate surface area is 150 Å². The fraction of sp³-hybridized carbons (Fsp3) is 0.412. The Kier molecular flexibility index (Phi) is 8.44. The molecule has 0 amide bonds. The standard InChI is InChI=1S/C15H18FN3O3S.C2H6.H2/c1-11(7-15-17-9-13(16)10-18-15)23(20,21)19-8-12-3-5-14(22-2)6-4-12;1-2;/h3-6,9-11,19H,7-8H2,1-2H3;1-2H3;1H/t11-;;/m1../s1. The van der Waals surface area contributed by atoms with E-state index in [0.717, 1.165) is 18.0 Å². The highest BCUT2D eigenvalue weighted by Gasteiger charge is 2.21. The second kappa shape index (κ2) is 10.0. The van der Waals surface area contributed by atoms with Crippen LogP contribution in [0.2, 0.25) is 0 Å². The molecule has 0 bridgehead atoms. The molecule has 1 atom stereocenters. The third-order valence-corrected chi connectivity index (χ3v) is 5.08. The number of halogens is 1. The van der Waals surface area contributed by atoms with Crippen LogP contribution in [0.15, 0.2) is 36.7 Å². The molecule has 0 spiro atoms. The van der Waals surface area contributed by atoms with E-state index in [1.165, 1.54) is 0 Å². The van der Waals surface area contributed by atoms with Gasteiger partial charge in [0.2, 0.25) is 10.0 Å². The Hall–Kier alpha value is -2.06. The summed E-state index contributed by atoms with van der Waals surface area (Å²) >= 11 is 0. The Balaban J connectivity index is 0.00000201. The van der Waals surface area contributed by atoms with E-state index in [1.807, 2.05) is 13.8 Å². The molecule has 1 aromatic heterocycles. The molecule has 8 heteroatoms. The van der Waals surface area contributed by atoms with Crippen LogP contribution in [0, 0.1) is 5.82 Å². The van der Waals surface area contributed by atoms with Gasteiger partial charge in [0.1, 0.15) is 11.6 Å². The molecule has 0 fully saturated rings. The molecule has 0 saturated carbocycles. The molecule has 1 aromatic carbocycles. The average Bonchev–Trinajstić information content (AvgIpc) is 2.64. The van der Waals surface area contributed by atoms with Gasteiger partial charge in [0.05, 0.1) is 24.8 Å². The molecule has 0 saturated heterocycles. The number of nitrogens with one attached hydrogen (secondary N) is 1. The van der Waals surface area contributed by atoms with Crippen LogP contribution in [0.4, 0.5) is 4.39 Å². The van der Waals surface area contributed by atoms with E-state index in [9.17, 15) is 12.8 Å². The predicted molar refractivity (Wildman–Crippen MR) is 97.4 cm³/mol. The lowest BCUT2D eigenvalue weighted by Gasteiger charge is -2.13. The van der Waals surface area contributed by atoms with Gasteiger partial charge in [-0.05, 0) is 24.6 Å². The maximum Gasteiger partial charge on any atom is 0.214 e. The summed E-state index contributed by atoms with van der Waals surface area (Å²) < 4.78 is 44.8. The minimum absolute atomic E-state index is 0. The fourth-order valence-corrected chi connectivity index (χ4v) is 2.90. The summed E-state index contributed by atoms with van der Waals surface area (Å²) in [5, 5.41) is -0.730. The molecule has 0 aliphatic carbocycles. The number of sulfonamides is 1. The van der Waals surface area contributed by atoms with Crippen LogP contribution in [0.5, 0.6) is 5.75 Å². The summed E-state index contributed by atoms with van der Waals surface area (Å²) in [5.41, 5.74) is 0.819. The maximum atomic E-state index is 12.8. The molecule has 140 valence electrons. The van der Waals surface area contributed by atoms with Gasteiger partial charge < -0.3 is 4.74 Å². The van der Waals surface area contributed by atoms with Crippen molar-refractivity contribution in [1.29, 1.82) is 0 Å². The van der Waals surface area contributed by atoms with Crippen molar-refractivity contribution in [1.82, 2.24) is 14.7 Å². The van der Waals surface area contributed by atoms with Gasteiger partial charge in [-0.3, -0.25) is 0 Å². The van der Waals surface area contributed by atoms with Crippen LogP contribution in [-0.2, 0) is 23.0 Å². The van der Waals surface area contributed by atoms with Crippen LogP contribution in [0.3, 0.4) is 0 Å². The Bertz CT molecular complexity index is 741. The highest BCUT2D eigenvalue weighted by molar-refractivity contribution is 7.90. The van der Waals surface area contributed by atoms with Gasteiger partial charge in [0.25, 0.3) is 0 Å². The first-order chi connectivity index (χ1) is 11.9. The van der Waals surface area contributed by atoms with E-state index in [-0.39, 0.29) is 20.2 Å². The number of hydrogen-bond donors (Lipinski definition) is 1. The summed E-state index contributed by atoms with van der Waals surface area (Å²) in [4.78, 5) is 7.55. The molecular formula is C17H26FN3O3S. The first-order valence-electron chi connectivity index (χ1n) is 7.98.